The number of nitrogens with one attached hydrogen (secondary N) is 1. The van der Waals surface area contributed by atoms with Gasteiger partial charge in [0.05, 0.1) is 12.8 Å². The van der Waals surface area contributed by atoms with E-state index in [1.807, 2.05) is 6.07 Å². The van der Waals surface area contributed by atoms with Crippen LogP contribution in [0.25, 0.3) is 0 Å². The van der Waals surface area contributed by atoms with Crippen LogP contribution in [0.4, 0.5) is 14.5 Å². The van der Waals surface area contributed by atoms with Crippen LogP contribution < -0.4 is 19.7 Å². The van der Waals surface area contributed by atoms with Gasteiger partial charge in [0.15, 0.2) is 0 Å². The number of anilines is 1. The van der Waals surface area contributed by atoms with Crippen LogP contribution >= 0.6 is 0 Å². The van der Waals surface area contributed by atoms with Crippen molar-refractivity contribution in [1.29, 1.82) is 0 Å². The molecule has 1 heterocycles. The van der Waals surface area contributed by atoms with Crippen LogP contribution in [0.3, 0.4) is 0 Å². The summed E-state index contributed by atoms with van der Waals surface area (Å²) in [4.78, 5) is 26.6. The minimum atomic E-state index is -2.93. The Morgan fingerprint density at radius 1 is 1.19 bits per heavy atom. The van der Waals surface area contributed by atoms with Gasteiger partial charge in [-0.25, -0.2) is 0 Å². The number of carbonyl (C=O) groups excluding carboxylic acids is 2. The third-order valence-electron chi connectivity index (χ3n) is 4.23. The van der Waals surface area contributed by atoms with Crippen molar-refractivity contribution in [1.82, 2.24) is 5.32 Å². The Balaban J connectivity index is 1.66. The number of ether oxygens (including phenoxy) is 2. The quantitative estimate of drug-likeness (QED) is 0.842. The Hall–Kier alpha value is -3.16. The minimum Gasteiger partial charge on any atom is -0.495 e. The van der Waals surface area contributed by atoms with Gasteiger partial charge in [-0.05, 0) is 42.8 Å². The molecular weight excluding hydrogens is 358 g/mol. The molecule has 1 saturated heterocycles. The average Bonchev–Trinajstić information content (AvgIpc) is 3.02. The molecule has 3 rings (SSSR count). The lowest BCUT2D eigenvalue weighted by Crippen LogP contribution is -2.41. The Morgan fingerprint density at radius 2 is 1.89 bits per heavy atom. The van der Waals surface area contributed by atoms with Crippen molar-refractivity contribution in [2.24, 2.45) is 0 Å². The molecule has 142 valence electrons. The second kappa shape index (κ2) is 8.03. The lowest BCUT2D eigenvalue weighted by atomic mass is 10.1. The lowest BCUT2D eigenvalue weighted by Gasteiger charge is -2.19. The molecule has 0 saturated carbocycles. The molecule has 1 unspecified atom stereocenters. The highest BCUT2D eigenvalue weighted by molar-refractivity contribution is 6.04. The van der Waals surface area contributed by atoms with Crippen LogP contribution in [0.15, 0.2) is 48.5 Å². The molecule has 0 aromatic heterocycles. The number of alkyl halides is 2. The smallest absolute Gasteiger partial charge is 0.387 e. The van der Waals surface area contributed by atoms with Gasteiger partial charge in [0, 0.05) is 12.1 Å². The maximum atomic E-state index is 12.7. The normalized spacial score (nSPS) is 16.5. The number of hydrogen-bond donors (Lipinski definition) is 1. The SMILES string of the molecule is COc1ccccc1N1CCC(NC(=O)c2ccc(OC(F)F)cc2)C1=O. The molecule has 2 aromatic carbocycles. The summed E-state index contributed by atoms with van der Waals surface area (Å²) in [5.41, 5.74) is 0.899. The van der Waals surface area contributed by atoms with E-state index in [9.17, 15) is 18.4 Å². The number of halogens is 2. The topological polar surface area (TPSA) is 67.9 Å². The summed E-state index contributed by atoms with van der Waals surface area (Å²) in [6.07, 6.45) is 0.454. The van der Waals surface area contributed by atoms with Gasteiger partial charge in [-0.3, -0.25) is 9.59 Å². The van der Waals surface area contributed by atoms with Crippen molar-refractivity contribution in [2.75, 3.05) is 18.6 Å². The van der Waals surface area contributed by atoms with E-state index < -0.39 is 18.6 Å². The summed E-state index contributed by atoms with van der Waals surface area (Å²) in [5, 5.41) is 2.68. The zero-order chi connectivity index (χ0) is 19.4. The average molecular weight is 376 g/mol. The molecule has 27 heavy (non-hydrogen) atoms. The minimum absolute atomic E-state index is 0.0409. The number of nitrogens with zero attached hydrogens (tertiary/aromatic N) is 1. The summed E-state index contributed by atoms with van der Waals surface area (Å²) < 4.78 is 33.9. The first-order valence-corrected chi connectivity index (χ1v) is 8.29. The first-order chi connectivity index (χ1) is 13.0. The van der Waals surface area contributed by atoms with Gasteiger partial charge in [0.2, 0.25) is 5.91 Å². The highest BCUT2D eigenvalue weighted by Gasteiger charge is 2.34. The van der Waals surface area contributed by atoms with Crippen molar-refractivity contribution in [3.8, 4) is 11.5 Å². The number of hydrogen-bond acceptors (Lipinski definition) is 4. The predicted octanol–water partition coefficient (Wildman–Crippen LogP) is 2.83. The van der Waals surface area contributed by atoms with Crippen LogP contribution in [-0.4, -0.2) is 38.1 Å². The van der Waals surface area contributed by atoms with E-state index in [-0.39, 0.29) is 17.2 Å². The number of carbonyl (C=O) groups is 2. The molecule has 0 aliphatic carbocycles. The van der Waals surface area contributed by atoms with E-state index in [4.69, 9.17) is 4.74 Å². The van der Waals surface area contributed by atoms with Crippen molar-refractivity contribution < 1.29 is 27.8 Å². The van der Waals surface area contributed by atoms with Crippen LogP contribution in [0.1, 0.15) is 16.8 Å². The molecule has 6 nitrogen and oxygen atoms in total. The van der Waals surface area contributed by atoms with Crippen LogP contribution in [0.2, 0.25) is 0 Å². The fourth-order valence-corrected chi connectivity index (χ4v) is 2.94. The summed E-state index contributed by atoms with van der Waals surface area (Å²) in [7, 11) is 1.53. The summed E-state index contributed by atoms with van der Waals surface area (Å²) >= 11 is 0. The van der Waals surface area contributed by atoms with E-state index in [0.717, 1.165) is 0 Å². The van der Waals surface area contributed by atoms with Gasteiger partial charge in [-0.2, -0.15) is 8.78 Å². The van der Waals surface area contributed by atoms with Gasteiger partial charge in [-0.1, -0.05) is 12.1 Å². The lowest BCUT2D eigenvalue weighted by molar-refractivity contribution is -0.118. The highest BCUT2D eigenvalue weighted by atomic mass is 19.3. The van der Waals surface area contributed by atoms with Gasteiger partial charge >= 0.3 is 6.61 Å². The third kappa shape index (κ3) is 4.16. The number of methoxy groups -OCH3 is 1. The molecule has 1 aliphatic rings. The first-order valence-electron chi connectivity index (χ1n) is 8.29. The van der Waals surface area contributed by atoms with Crippen molar-refractivity contribution in [3.05, 3.63) is 54.1 Å². The Bertz CT molecular complexity index is 827. The molecule has 1 atom stereocenters. The first kappa shape index (κ1) is 18.6. The third-order valence-corrected chi connectivity index (χ3v) is 4.23. The van der Waals surface area contributed by atoms with Gasteiger partial charge < -0.3 is 19.7 Å². The van der Waals surface area contributed by atoms with E-state index in [2.05, 4.69) is 10.1 Å². The van der Waals surface area contributed by atoms with E-state index in [0.29, 0.717) is 24.4 Å². The van der Waals surface area contributed by atoms with Crippen LogP contribution in [0, 0.1) is 0 Å². The number of amides is 2. The number of para-hydroxylation sites is 2. The molecule has 0 spiro atoms. The maximum absolute atomic E-state index is 12.7. The molecule has 1 fully saturated rings. The molecule has 2 amide bonds. The zero-order valence-corrected chi connectivity index (χ0v) is 14.5. The fourth-order valence-electron chi connectivity index (χ4n) is 2.94. The zero-order valence-electron chi connectivity index (χ0n) is 14.5. The van der Waals surface area contributed by atoms with Crippen molar-refractivity contribution in [3.63, 3.8) is 0 Å². The Morgan fingerprint density at radius 3 is 2.56 bits per heavy atom. The second-order valence-corrected chi connectivity index (χ2v) is 5.88. The number of rotatable bonds is 6. The molecule has 2 aromatic rings. The number of benzene rings is 2. The Kier molecular flexibility index (Phi) is 5.54. The predicted molar refractivity (Wildman–Crippen MR) is 94.3 cm³/mol. The van der Waals surface area contributed by atoms with Gasteiger partial charge in [0.25, 0.3) is 5.91 Å². The Labute approximate surface area is 154 Å². The monoisotopic (exact) mass is 376 g/mol. The molecule has 0 radical (unpaired) electrons. The molecule has 1 N–H and O–H groups in total. The maximum Gasteiger partial charge on any atom is 0.387 e. The van der Waals surface area contributed by atoms with E-state index in [1.165, 1.54) is 31.4 Å². The van der Waals surface area contributed by atoms with Crippen molar-refractivity contribution in [2.45, 2.75) is 19.1 Å². The van der Waals surface area contributed by atoms with Crippen LogP contribution in [0.5, 0.6) is 11.5 Å². The van der Waals surface area contributed by atoms with Crippen molar-refractivity contribution >= 4 is 17.5 Å². The molecular formula is C19H18F2N2O4. The summed E-state index contributed by atoms with van der Waals surface area (Å²) in [5.74, 6) is -0.155. The second-order valence-electron chi connectivity index (χ2n) is 5.88. The van der Waals surface area contributed by atoms with Gasteiger partial charge in [-0.15, -0.1) is 0 Å². The molecule has 8 heteroatoms. The molecule has 1 aliphatic heterocycles. The highest BCUT2D eigenvalue weighted by Crippen LogP contribution is 2.31. The fraction of sp³-hybridized carbons (Fsp3) is 0.263. The largest absolute Gasteiger partial charge is 0.495 e. The molecule has 0 bridgehead atoms. The summed E-state index contributed by atoms with van der Waals surface area (Å²) in [6, 6.07) is 11.8. The van der Waals surface area contributed by atoms with E-state index in [1.54, 1.807) is 23.1 Å². The standard InChI is InChI=1S/C19H18F2N2O4/c1-26-16-5-3-2-4-15(16)23-11-10-14(18(23)25)22-17(24)12-6-8-13(9-7-12)27-19(20)21/h2-9,14,19H,10-11H2,1H3,(H,22,24). The van der Waals surface area contributed by atoms with Gasteiger partial charge in [0.1, 0.15) is 17.5 Å². The van der Waals surface area contributed by atoms with Crippen LogP contribution in [-0.2, 0) is 4.79 Å². The van der Waals surface area contributed by atoms with E-state index >= 15 is 0 Å². The summed E-state index contributed by atoms with van der Waals surface area (Å²) in [6.45, 7) is -2.48.